The highest BCUT2D eigenvalue weighted by atomic mass is 16.1. The van der Waals surface area contributed by atoms with Gasteiger partial charge in [0.2, 0.25) is 0 Å². The van der Waals surface area contributed by atoms with E-state index in [0.717, 1.165) is 13.1 Å². The van der Waals surface area contributed by atoms with Gasteiger partial charge in [0, 0.05) is 24.3 Å². The number of hydrogen-bond donors (Lipinski definition) is 0. The summed E-state index contributed by atoms with van der Waals surface area (Å²) in [6, 6.07) is 7.63. The summed E-state index contributed by atoms with van der Waals surface area (Å²) in [5, 5.41) is 0. The molecule has 1 aromatic rings. The van der Waals surface area contributed by atoms with Gasteiger partial charge in [-0.15, -0.1) is 0 Å². The molecular weight excluding hydrogens is 226 g/mol. The lowest BCUT2D eigenvalue weighted by molar-refractivity contribution is -0.116. The van der Waals surface area contributed by atoms with E-state index in [9.17, 15) is 9.59 Å². The summed E-state index contributed by atoms with van der Waals surface area (Å²) in [4.78, 5) is 25.0. The van der Waals surface area contributed by atoms with E-state index < -0.39 is 0 Å². The minimum atomic E-state index is -0.0901. The number of nitrogens with zero attached hydrogens (tertiary/aromatic N) is 1. The van der Waals surface area contributed by atoms with Gasteiger partial charge in [-0.25, -0.2) is 0 Å². The molecular formula is C15H19NO2. The lowest BCUT2D eigenvalue weighted by Gasteiger charge is -2.28. The first kappa shape index (κ1) is 12.8. The first-order valence-corrected chi connectivity index (χ1v) is 6.54. The lowest BCUT2D eigenvalue weighted by Crippen LogP contribution is -2.29. The molecule has 0 amide bonds. The van der Waals surface area contributed by atoms with Crippen LogP contribution in [0.1, 0.15) is 43.0 Å². The summed E-state index contributed by atoms with van der Waals surface area (Å²) in [7, 11) is 0. The van der Waals surface area contributed by atoms with Gasteiger partial charge in [0.05, 0.1) is 6.42 Å². The molecule has 0 aromatic heterocycles. The number of anilines is 1. The highest BCUT2D eigenvalue weighted by Gasteiger charge is 2.12. The van der Waals surface area contributed by atoms with E-state index in [0.29, 0.717) is 5.56 Å². The number of piperidine rings is 1. The average Bonchev–Trinajstić information content (AvgIpc) is 2.39. The van der Waals surface area contributed by atoms with Crippen LogP contribution in [-0.2, 0) is 4.79 Å². The zero-order chi connectivity index (χ0) is 13.0. The first-order valence-electron chi connectivity index (χ1n) is 6.54. The lowest BCUT2D eigenvalue weighted by atomic mass is 10.0. The van der Waals surface area contributed by atoms with Crippen molar-refractivity contribution < 1.29 is 9.59 Å². The molecule has 0 radical (unpaired) electrons. The van der Waals surface area contributed by atoms with Crippen LogP contribution in [0.3, 0.4) is 0 Å². The van der Waals surface area contributed by atoms with Crippen LogP contribution in [0.5, 0.6) is 0 Å². The van der Waals surface area contributed by atoms with Crippen molar-refractivity contribution in [3.05, 3.63) is 29.8 Å². The molecule has 0 bridgehead atoms. The van der Waals surface area contributed by atoms with Crippen molar-refractivity contribution in [1.82, 2.24) is 0 Å². The molecule has 0 saturated carbocycles. The Bertz CT molecular complexity index is 430. The van der Waals surface area contributed by atoms with Gasteiger partial charge in [-0.1, -0.05) is 0 Å². The quantitative estimate of drug-likeness (QED) is 0.604. The van der Waals surface area contributed by atoms with Crippen molar-refractivity contribution in [3.8, 4) is 0 Å². The molecule has 1 saturated heterocycles. The predicted molar refractivity (Wildman–Crippen MR) is 72.1 cm³/mol. The molecule has 1 heterocycles. The van der Waals surface area contributed by atoms with Gasteiger partial charge >= 0.3 is 0 Å². The molecule has 1 aliphatic heterocycles. The van der Waals surface area contributed by atoms with Crippen molar-refractivity contribution in [1.29, 1.82) is 0 Å². The fraction of sp³-hybridized carbons (Fsp3) is 0.467. The molecule has 1 fully saturated rings. The Morgan fingerprint density at radius 1 is 1.06 bits per heavy atom. The Morgan fingerprint density at radius 3 is 2.22 bits per heavy atom. The fourth-order valence-electron chi connectivity index (χ4n) is 2.34. The summed E-state index contributed by atoms with van der Waals surface area (Å²) < 4.78 is 0. The molecule has 2 rings (SSSR count). The third-order valence-corrected chi connectivity index (χ3v) is 3.32. The largest absolute Gasteiger partial charge is 0.372 e. The van der Waals surface area contributed by atoms with E-state index in [-0.39, 0.29) is 18.0 Å². The molecule has 18 heavy (non-hydrogen) atoms. The van der Waals surface area contributed by atoms with Crippen LogP contribution in [0.2, 0.25) is 0 Å². The number of benzene rings is 1. The normalized spacial score (nSPS) is 15.5. The molecule has 0 N–H and O–H groups in total. The van der Waals surface area contributed by atoms with Crippen molar-refractivity contribution in [2.75, 3.05) is 18.0 Å². The van der Waals surface area contributed by atoms with Crippen LogP contribution >= 0.6 is 0 Å². The Labute approximate surface area is 108 Å². The standard InChI is InChI=1S/C15H19NO2/c1-12(17)11-15(18)13-5-7-14(8-6-13)16-9-3-2-4-10-16/h5-8H,2-4,9-11H2,1H3. The Morgan fingerprint density at radius 2 is 1.67 bits per heavy atom. The van der Waals surface area contributed by atoms with Crippen molar-refractivity contribution in [3.63, 3.8) is 0 Å². The maximum absolute atomic E-state index is 11.7. The van der Waals surface area contributed by atoms with E-state index in [1.54, 1.807) is 0 Å². The van der Waals surface area contributed by atoms with Crippen LogP contribution in [0.15, 0.2) is 24.3 Å². The van der Waals surface area contributed by atoms with Gasteiger partial charge in [-0.3, -0.25) is 9.59 Å². The monoisotopic (exact) mass is 245 g/mol. The molecule has 0 aliphatic carbocycles. The van der Waals surface area contributed by atoms with Crippen molar-refractivity contribution in [2.45, 2.75) is 32.6 Å². The third kappa shape index (κ3) is 3.19. The van der Waals surface area contributed by atoms with E-state index in [2.05, 4.69) is 4.90 Å². The fourth-order valence-corrected chi connectivity index (χ4v) is 2.34. The van der Waals surface area contributed by atoms with Gasteiger partial charge in [0.25, 0.3) is 0 Å². The molecule has 3 heteroatoms. The van der Waals surface area contributed by atoms with E-state index >= 15 is 0 Å². The molecule has 0 unspecified atom stereocenters. The van der Waals surface area contributed by atoms with E-state index in [1.807, 2.05) is 24.3 Å². The zero-order valence-corrected chi connectivity index (χ0v) is 10.8. The number of rotatable bonds is 4. The van der Waals surface area contributed by atoms with Gasteiger partial charge < -0.3 is 4.90 Å². The van der Waals surface area contributed by atoms with Gasteiger partial charge in [0.1, 0.15) is 5.78 Å². The summed E-state index contributed by atoms with van der Waals surface area (Å²) in [6.07, 6.45) is 3.80. The van der Waals surface area contributed by atoms with Crippen molar-refractivity contribution >= 4 is 17.3 Å². The molecule has 96 valence electrons. The highest BCUT2D eigenvalue weighted by Crippen LogP contribution is 2.20. The van der Waals surface area contributed by atoms with Crippen LogP contribution in [0.25, 0.3) is 0 Å². The van der Waals surface area contributed by atoms with Gasteiger partial charge in [-0.05, 0) is 50.5 Å². The average molecular weight is 245 g/mol. The topological polar surface area (TPSA) is 37.4 Å². The Hall–Kier alpha value is -1.64. The first-order chi connectivity index (χ1) is 8.66. The van der Waals surface area contributed by atoms with E-state index in [4.69, 9.17) is 0 Å². The number of carbonyl (C=O) groups is 2. The van der Waals surface area contributed by atoms with Gasteiger partial charge in [-0.2, -0.15) is 0 Å². The van der Waals surface area contributed by atoms with Crippen LogP contribution in [0.4, 0.5) is 5.69 Å². The van der Waals surface area contributed by atoms with Crippen molar-refractivity contribution in [2.24, 2.45) is 0 Å². The summed E-state index contributed by atoms with van der Waals surface area (Å²) >= 11 is 0. The van der Waals surface area contributed by atoms with Crippen LogP contribution < -0.4 is 4.90 Å². The highest BCUT2D eigenvalue weighted by molar-refractivity contribution is 6.07. The molecule has 0 spiro atoms. The Balaban J connectivity index is 2.04. The van der Waals surface area contributed by atoms with Gasteiger partial charge in [0.15, 0.2) is 5.78 Å². The third-order valence-electron chi connectivity index (χ3n) is 3.32. The minimum Gasteiger partial charge on any atom is -0.372 e. The summed E-state index contributed by atoms with van der Waals surface area (Å²) in [5.41, 5.74) is 1.81. The SMILES string of the molecule is CC(=O)CC(=O)c1ccc(N2CCCCC2)cc1. The number of hydrogen-bond acceptors (Lipinski definition) is 3. The number of ketones is 2. The minimum absolute atomic E-state index is 0.00304. The second-order valence-electron chi connectivity index (χ2n) is 4.90. The van der Waals surface area contributed by atoms with Crippen LogP contribution in [-0.4, -0.2) is 24.7 Å². The predicted octanol–water partition coefficient (Wildman–Crippen LogP) is 2.84. The number of carbonyl (C=O) groups excluding carboxylic acids is 2. The number of Topliss-reactive ketones (excluding diaryl/α,β-unsaturated/α-hetero) is 2. The van der Waals surface area contributed by atoms with E-state index in [1.165, 1.54) is 31.9 Å². The maximum Gasteiger partial charge on any atom is 0.170 e. The smallest absolute Gasteiger partial charge is 0.170 e. The second kappa shape index (κ2) is 5.80. The molecule has 1 aromatic carbocycles. The Kier molecular flexibility index (Phi) is 4.13. The second-order valence-corrected chi connectivity index (χ2v) is 4.90. The van der Waals surface area contributed by atoms with Crippen LogP contribution in [0, 0.1) is 0 Å². The maximum atomic E-state index is 11.7. The molecule has 0 atom stereocenters. The summed E-state index contributed by atoms with van der Waals surface area (Å²) in [5.74, 6) is -0.173. The zero-order valence-electron chi connectivity index (χ0n) is 10.8. The molecule has 1 aliphatic rings. The summed E-state index contributed by atoms with van der Waals surface area (Å²) in [6.45, 7) is 3.64. The molecule has 3 nitrogen and oxygen atoms in total.